The second-order valence-electron chi connectivity index (χ2n) is 10.4. The van der Waals surface area contributed by atoms with E-state index in [0.717, 1.165) is 24.1 Å². The average molecular weight is 549 g/mol. The Labute approximate surface area is 233 Å². The topological polar surface area (TPSA) is 86.7 Å². The largest absolute Gasteiger partial charge is 0.481 e. The molecular weight excluding hydrogens is 514 g/mol. The Morgan fingerprint density at radius 2 is 1.38 bits per heavy atom. The van der Waals surface area contributed by atoms with Crippen LogP contribution >= 0.6 is 0 Å². The van der Waals surface area contributed by atoms with Crippen molar-refractivity contribution in [1.82, 2.24) is 5.32 Å². The van der Waals surface area contributed by atoms with Crippen molar-refractivity contribution in [3.05, 3.63) is 102 Å². The van der Waals surface area contributed by atoms with Gasteiger partial charge in [0.25, 0.3) is 0 Å². The zero-order valence-electron chi connectivity index (χ0n) is 22.3. The second-order valence-corrected chi connectivity index (χ2v) is 10.4. The number of carboxylic acid groups (broad SMARTS) is 1. The maximum atomic E-state index is 13.6. The summed E-state index contributed by atoms with van der Waals surface area (Å²) < 4.78 is 26.8. The van der Waals surface area contributed by atoms with E-state index in [2.05, 4.69) is 5.32 Å². The van der Waals surface area contributed by atoms with Crippen molar-refractivity contribution in [3.8, 4) is 0 Å². The second kappa shape index (κ2) is 13.8. The molecule has 2 N–H and O–H groups in total. The minimum atomic E-state index is -0.997. The number of carbonyl (C=O) groups is 3. The number of aliphatic carboxylic acids is 1. The smallest absolute Gasteiger partial charge is 0.306 e. The van der Waals surface area contributed by atoms with Crippen LogP contribution in [-0.4, -0.2) is 35.5 Å². The van der Waals surface area contributed by atoms with Gasteiger partial charge in [-0.2, -0.15) is 0 Å². The van der Waals surface area contributed by atoms with Gasteiger partial charge in [0.15, 0.2) is 0 Å². The van der Waals surface area contributed by atoms with Crippen LogP contribution < -0.4 is 10.2 Å². The number of carboxylic acids is 1. The van der Waals surface area contributed by atoms with Crippen LogP contribution in [-0.2, 0) is 27.2 Å². The lowest BCUT2D eigenvalue weighted by molar-refractivity contribution is -0.142. The summed E-state index contributed by atoms with van der Waals surface area (Å²) in [7, 11) is 0. The first-order chi connectivity index (χ1) is 19.3. The molecule has 40 heavy (non-hydrogen) atoms. The molecule has 0 aliphatic carbocycles. The molecule has 6 nitrogen and oxygen atoms in total. The van der Waals surface area contributed by atoms with Gasteiger partial charge >= 0.3 is 5.97 Å². The summed E-state index contributed by atoms with van der Waals surface area (Å²) in [5, 5.41) is 12.8. The highest BCUT2D eigenvalue weighted by Crippen LogP contribution is 2.24. The van der Waals surface area contributed by atoms with E-state index in [1.165, 1.54) is 24.3 Å². The Morgan fingerprint density at radius 1 is 0.825 bits per heavy atom. The van der Waals surface area contributed by atoms with Crippen LogP contribution in [0.2, 0.25) is 0 Å². The van der Waals surface area contributed by atoms with Gasteiger partial charge in [-0.1, -0.05) is 42.5 Å². The molecule has 8 heteroatoms. The number of amides is 2. The fraction of sp³-hybridized carbons (Fsp3) is 0.344. The van der Waals surface area contributed by atoms with Crippen molar-refractivity contribution in [1.29, 1.82) is 0 Å². The van der Waals surface area contributed by atoms with E-state index >= 15 is 0 Å². The lowest BCUT2D eigenvalue weighted by Gasteiger charge is -2.27. The molecule has 0 bridgehead atoms. The van der Waals surface area contributed by atoms with E-state index < -0.39 is 29.7 Å². The molecule has 4 rings (SSSR count). The minimum Gasteiger partial charge on any atom is -0.481 e. The molecule has 3 aromatic carbocycles. The summed E-state index contributed by atoms with van der Waals surface area (Å²) >= 11 is 0. The molecular formula is C32H34F2N2O4. The van der Waals surface area contributed by atoms with E-state index in [1.54, 1.807) is 29.2 Å². The molecule has 3 unspecified atom stereocenters. The molecule has 0 aromatic heterocycles. The summed E-state index contributed by atoms with van der Waals surface area (Å²) in [4.78, 5) is 40.8. The van der Waals surface area contributed by atoms with Crippen molar-refractivity contribution in [3.63, 3.8) is 0 Å². The Balaban J connectivity index is 1.49. The van der Waals surface area contributed by atoms with Gasteiger partial charge in [0, 0.05) is 18.2 Å². The Morgan fingerprint density at radius 3 is 1.95 bits per heavy atom. The number of benzene rings is 3. The zero-order chi connectivity index (χ0) is 28.5. The highest BCUT2D eigenvalue weighted by molar-refractivity contribution is 5.99. The monoisotopic (exact) mass is 548 g/mol. The third-order valence-corrected chi connectivity index (χ3v) is 7.45. The number of nitrogens with zero attached hydrogens (tertiary/aromatic N) is 1. The highest BCUT2D eigenvalue weighted by atomic mass is 19.1. The van der Waals surface area contributed by atoms with Gasteiger partial charge in [-0.3, -0.25) is 14.4 Å². The standard InChI is InChI=1S/C32H34F2N2O4/c33-26-15-9-22(10-16-26)20-24(13-14-25(32(39)40)21-23-11-17-27(34)18-12-23)30(37)35-29-8-4-5-19-36(31(29)38)28-6-2-1-3-7-28/h1-3,6-7,9-12,15-18,24-25,29H,4-5,8,13-14,19-21H2,(H,35,37)(H,39,40). The Kier molecular flexibility index (Phi) is 10.00. The molecule has 2 amide bonds. The predicted octanol–water partition coefficient (Wildman–Crippen LogP) is 5.55. The van der Waals surface area contributed by atoms with E-state index in [9.17, 15) is 28.3 Å². The molecule has 3 atom stereocenters. The molecule has 210 valence electrons. The summed E-state index contributed by atoms with van der Waals surface area (Å²) in [6, 6.07) is 20.2. The fourth-order valence-corrected chi connectivity index (χ4v) is 5.18. The fourth-order valence-electron chi connectivity index (χ4n) is 5.18. The first-order valence-electron chi connectivity index (χ1n) is 13.7. The summed E-state index contributed by atoms with van der Waals surface area (Å²) in [5.41, 5.74) is 2.21. The molecule has 1 saturated heterocycles. The van der Waals surface area contributed by atoms with Crippen molar-refractivity contribution in [2.75, 3.05) is 11.4 Å². The van der Waals surface area contributed by atoms with E-state index in [4.69, 9.17) is 0 Å². The molecule has 1 heterocycles. The SMILES string of the molecule is O=C(O)C(CCC(Cc1ccc(F)cc1)C(=O)NC1CCCCN(c2ccccc2)C1=O)Cc1ccc(F)cc1. The summed E-state index contributed by atoms with van der Waals surface area (Å²) in [6.07, 6.45) is 3.05. The normalized spacial score (nSPS) is 17.1. The van der Waals surface area contributed by atoms with E-state index in [1.807, 2.05) is 30.3 Å². The zero-order valence-corrected chi connectivity index (χ0v) is 22.3. The summed E-state index contributed by atoms with van der Waals surface area (Å²) in [5.74, 6) is -3.68. The van der Waals surface area contributed by atoms with Crippen LogP contribution in [0.5, 0.6) is 0 Å². The molecule has 0 saturated carbocycles. The number of carbonyl (C=O) groups excluding carboxylic acids is 2. The molecule has 1 aliphatic heterocycles. The third-order valence-electron chi connectivity index (χ3n) is 7.45. The maximum absolute atomic E-state index is 13.6. The number of rotatable bonds is 11. The van der Waals surface area contributed by atoms with Gasteiger partial charge < -0.3 is 15.3 Å². The number of hydrogen-bond acceptors (Lipinski definition) is 3. The van der Waals surface area contributed by atoms with Crippen LogP contribution in [0.1, 0.15) is 43.2 Å². The van der Waals surface area contributed by atoms with Gasteiger partial charge in [-0.15, -0.1) is 0 Å². The van der Waals surface area contributed by atoms with E-state index in [-0.39, 0.29) is 43.3 Å². The number of halogens is 2. The van der Waals surface area contributed by atoms with Crippen LogP contribution in [0, 0.1) is 23.5 Å². The molecule has 0 spiro atoms. The predicted molar refractivity (Wildman–Crippen MR) is 149 cm³/mol. The lowest BCUT2D eigenvalue weighted by atomic mass is 9.87. The molecule has 3 aromatic rings. The van der Waals surface area contributed by atoms with Crippen molar-refractivity contribution < 1.29 is 28.3 Å². The minimum absolute atomic E-state index is 0.169. The number of anilines is 1. The molecule has 1 aliphatic rings. The van der Waals surface area contributed by atoms with Crippen molar-refractivity contribution in [2.45, 2.75) is 51.0 Å². The summed E-state index contributed by atoms with van der Waals surface area (Å²) in [6.45, 7) is 0.567. The van der Waals surface area contributed by atoms with Gasteiger partial charge in [0.1, 0.15) is 17.7 Å². The van der Waals surface area contributed by atoms with Gasteiger partial charge in [0.05, 0.1) is 5.92 Å². The Bertz CT molecular complexity index is 1280. The lowest BCUT2D eigenvalue weighted by Crippen LogP contribution is -2.49. The van der Waals surface area contributed by atoms with Gasteiger partial charge in [-0.25, -0.2) is 8.78 Å². The average Bonchev–Trinajstić information content (AvgIpc) is 3.13. The van der Waals surface area contributed by atoms with Crippen LogP contribution in [0.15, 0.2) is 78.9 Å². The molecule has 0 radical (unpaired) electrons. The number of nitrogens with one attached hydrogen (secondary N) is 1. The van der Waals surface area contributed by atoms with Crippen LogP contribution in [0.25, 0.3) is 0 Å². The number of hydrogen-bond donors (Lipinski definition) is 2. The van der Waals surface area contributed by atoms with Crippen LogP contribution in [0.4, 0.5) is 14.5 Å². The quantitative estimate of drug-likeness (QED) is 0.329. The van der Waals surface area contributed by atoms with E-state index in [0.29, 0.717) is 18.5 Å². The highest BCUT2D eigenvalue weighted by Gasteiger charge is 2.32. The van der Waals surface area contributed by atoms with Crippen molar-refractivity contribution >= 4 is 23.5 Å². The third kappa shape index (κ3) is 7.97. The first kappa shape index (κ1) is 28.9. The Hall–Kier alpha value is -4.07. The van der Waals surface area contributed by atoms with Crippen molar-refractivity contribution in [2.24, 2.45) is 11.8 Å². The maximum Gasteiger partial charge on any atom is 0.306 e. The molecule has 1 fully saturated rings. The first-order valence-corrected chi connectivity index (χ1v) is 13.7. The van der Waals surface area contributed by atoms with Crippen LogP contribution in [0.3, 0.4) is 0 Å². The van der Waals surface area contributed by atoms with Gasteiger partial charge in [0.2, 0.25) is 11.8 Å². The van der Waals surface area contributed by atoms with Gasteiger partial charge in [-0.05, 0) is 92.5 Å². The number of para-hydroxylation sites is 1.